The van der Waals surface area contributed by atoms with E-state index in [1.54, 1.807) is 11.3 Å². The molecule has 0 amide bonds. The van der Waals surface area contributed by atoms with Crippen LogP contribution >= 0.6 is 11.3 Å². The largest absolute Gasteiger partial charge is 0.426 e. The quantitative estimate of drug-likeness (QED) is 0.516. The van der Waals surface area contributed by atoms with Gasteiger partial charge in [0, 0.05) is 6.92 Å². The Labute approximate surface area is 127 Å². The lowest BCUT2D eigenvalue weighted by Gasteiger charge is -2.07. The summed E-state index contributed by atoms with van der Waals surface area (Å²) in [7, 11) is 0. The Balaban J connectivity index is 2.16. The van der Waals surface area contributed by atoms with Crippen LogP contribution in [0.1, 0.15) is 18.1 Å². The maximum absolute atomic E-state index is 11.3. The first-order valence-electron chi connectivity index (χ1n) is 6.69. The minimum atomic E-state index is -0.322. The van der Waals surface area contributed by atoms with E-state index in [1.165, 1.54) is 12.5 Å². The third-order valence-electron chi connectivity index (χ3n) is 3.16. The summed E-state index contributed by atoms with van der Waals surface area (Å²) < 4.78 is 6.43. The van der Waals surface area contributed by atoms with Crippen LogP contribution in [0.2, 0.25) is 0 Å². The molecule has 3 nitrogen and oxygen atoms in total. The average Bonchev–Trinajstić information content (AvgIpc) is 2.83. The Kier molecular flexibility index (Phi) is 3.47. The van der Waals surface area contributed by atoms with Gasteiger partial charge in [-0.25, -0.2) is 4.98 Å². The highest BCUT2D eigenvalue weighted by Crippen LogP contribution is 2.36. The molecule has 106 valence electrons. The Morgan fingerprint density at radius 1 is 1.10 bits per heavy atom. The van der Waals surface area contributed by atoms with E-state index in [0.717, 1.165) is 26.4 Å². The summed E-state index contributed by atoms with van der Waals surface area (Å²) in [5.74, 6) is 0.237. The van der Waals surface area contributed by atoms with Gasteiger partial charge in [0.05, 0.1) is 15.8 Å². The Morgan fingerprint density at radius 3 is 2.57 bits per heavy atom. The highest BCUT2D eigenvalue weighted by atomic mass is 32.1. The molecule has 3 aromatic rings. The highest BCUT2D eigenvalue weighted by Gasteiger charge is 2.13. The van der Waals surface area contributed by atoms with Gasteiger partial charge in [0.25, 0.3) is 0 Å². The van der Waals surface area contributed by atoms with Crippen LogP contribution in [0.4, 0.5) is 0 Å². The molecule has 0 aliphatic heterocycles. The van der Waals surface area contributed by atoms with Crippen molar-refractivity contribution in [3.63, 3.8) is 0 Å². The summed E-state index contributed by atoms with van der Waals surface area (Å²) in [5.41, 5.74) is 4.13. The van der Waals surface area contributed by atoms with E-state index in [-0.39, 0.29) is 5.97 Å². The van der Waals surface area contributed by atoms with Crippen LogP contribution in [0.25, 0.3) is 20.8 Å². The number of carbonyl (C=O) groups excluding carboxylic acids is 1. The summed E-state index contributed by atoms with van der Waals surface area (Å²) in [6.45, 7) is 5.47. The average molecular weight is 297 g/mol. The van der Waals surface area contributed by atoms with E-state index in [0.29, 0.717) is 5.75 Å². The zero-order valence-electron chi connectivity index (χ0n) is 12.1. The van der Waals surface area contributed by atoms with Crippen molar-refractivity contribution in [1.82, 2.24) is 4.98 Å². The monoisotopic (exact) mass is 297 g/mol. The zero-order chi connectivity index (χ0) is 15.0. The number of thiazole rings is 1. The maximum Gasteiger partial charge on any atom is 0.308 e. The number of hydrogen-bond acceptors (Lipinski definition) is 4. The Hall–Kier alpha value is -2.20. The van der Waals surface area contributed by atoms with Crippen molar-refractivity contribution in [1.29, 1.82) is 0 Å². The zero-order valence-corrected chi connectivity index (χ0v) is 13.0. The van der Waals surface area contributed by atoms with Gasteiger partial charge in [-0.05, 0) is 43.7 Å². The third-order valence-corrected chi connectivity index (χ3v) is 4.23. The first-order valence-corrected chi connectivity index (χ1v) is 7.51. The van der Waals surface area contributed by atoms with Crippen LogP contribution in [0.15, 0.2) is 36.4 Å². The molecule has 0 N–H and O–H groups in total. The first kappa shape index (κ1) is 13.8. The fourth-order valence-electron chi connectivity index (χ4n) is 2.21. The molecule has 0 saturated carbocycles. The normalized spacial score (nSPS) is 10.8. The molecule has 3 rings (SSSR count). The van der Waals surface area contributed by atoms with Gasteiger partial charge in [0.2, 0.25) is 0 Å². The lowest BCUT2D eigenvalue weighted by molar-refractivity contribution is -0.131. The molecule has 1 heterocycles. The molecule has 0 aliphatic carbocycles. The predicted molar refractivity (Wildman–Crippen MR) is 85.8 cm³/mol. The molecular formula is C17H15NO2S. The fourth-order valence-corrected chi connectivity index (χ4v) is 3.17. The molecule has 0 saturated heterocycles. The summed E-state index contributed by atoms with van der Waals surface area (Å²) in [5, 5.41) is 0.871. The van der Waals surface area contributed by atoms with Gasteiger partial charge in [-0.2, -0.15) is 0 Å². The molecular weight excluding hydrogens is 282 g/mol. The number of aromatic nitrogens is 1. The Bertz CT molecular complexity index is 836. The topological polar surface area (TPSA) is 39.2 Å². The van der Waals surface area contributed by atoms with Crippen LogP contribution in [-0.2, 0) is 4.79 Å². The number of fused-ring (bicyclic) bond motifs is 1. The molecule has 0 bridgehead atoms. The molecule has 0 radical (unpaired) electrons. The van der Waals surface area contributed by atoms with Crippen LogP contribution < -0.4 is 4.74 Å². The van der Waals surface area contributed by atoms with Crippen molar-refractivity contribution in [2.75, 3.05) is 0 Å². The van der Waals surface area contributed by atoms with E-state index in [2.05, 4.69) is 30.1 Å². The van der Waals surface area contributed by atoms with Gasteiger partial charge >= 0.3 is 5.97 Å². The van der Waals surface area contributed by atoms with Crippen LogP contribution in [0, 0.1) is 13.8 Å². The fraction of sp³-hybridized carbons (Fsp3) is 0.176. The summed E-state index contributed by atoms with van der Waals surface area (Å²) >= 11 is 1.61. The molecule has 0 aliphatic rings. The van der Waals surface area contributed by atoms with Crippen molar-refractivity contribution in [2.45, 2.75) is 20.8 Å². The second kappa shape index (κ2) is 5.30. The number of esters is 1. The smallest absolute Gasteiger partial charge is 0.308 e. The maximum atomic E-state index is 11.3. The molecule has 0 fully saturated rings. The van der Waals surface area contributed by atoms with Gasteiger partial charge in [0.1, 0.15) is 10.8 Å². The van der Waals surface area contributed by atoms with Gasteiger partial charge in [0.15, 0.2) is 0 Å². The lowest BCUT2D eigenvalue weighted by Crippen LogP contribution is -2.02. The van der Waals surface area contributed by atoms with Crippen molar-refractivity contribution in [3.8, 4) is 16.3 Å². The van der Waals surface area contributed by atoms with Gasteiger partial charge in [-0.15, -0.1) is 11.3 Å². The number of benzene rings is 2. The summed E-state index contributed by atoms with van der Waals surface area (Å²) in [6, 6.07) is 12.0. The molecule has 21 heavy (non-hydrogen) atoms. The molecule has 0 atom stereocenters. The van der Waals surface area contributed by atoms with Crippen molar-refractivity contribution in [3.05, 3.63) is 47.5 Å². The van der Waals surface area contributed by atoms with Crippen molar-refractivity contribution >= 4 is 27.5 Å². The van der Waals surface area contributed by atoms with E-state index >= 15 is 0 Å². The number of rotatable bonds is 2. The number of nitrogens with zero attached hydrogens (tertiary/aromatic N) is 1. The molecule has 0 spiro atoms. The lowest BCUT2D eigenvalue weighted by atomic mass is 10.1. The van der Waals surface area contributed by atoms with Gasteiger partial charge in [-0.3, -0.25) is 4.79 Å². The van der Waals surface area contributed by atoms with E-state index < -0.39 is 0 Å². The van der Waals surface area contributed by atoms with E-state index in [4.69, 9.17) is 4.74 Å². The number of carbonyl (C=O) groups is 1. The predicted octanol–water partition coefficient (Wildman–Crippen LogP) is 4.51. The number of aryl methyl sites for hydroxylation is 2. The van der Waals surface area contributed by atoms with Crippen LogP contribution in [-0.4, -0.2) is 11.0 Å². The van der Waals surface area contributed by atoms with Crippen molar-refractivity contribution < 1.29 is 9.53 Å². The van der Waals surface area contributed by atoms with E-state index in [1.807, 2.05) is 25.1 Å². The third kappa shape index (κ3) is 2.81. The number of ether oxygens (including phenoxy) is 1. The standard InChI is InChI=1S/C17H15NO2S/c1-10-4-6-15(20-12(3)19)13(8-10)17-18-14-9-11(2)5-7-16(14)21-17/h4-9H,1-3H3. The molecule has 0 unspecified atom stereocenters. The second-order valence-electron chi connectivity index (χ2n) is 5.08. The second-order valence-corrected chi connectivity index (χ2v) is 6.11. The minimum Gasteiger partial charge on any atom is -0.426 e. The molecule has 4 heteroatoms. The molecule has 1 aromatic heterocycles. The van der Waals surface area contributed by atoms with Crippen LogP contribution in [0.5, 0.6) is 5.75 Å². The van der Waals surface area contributed by atoms with Crippen LogP contribution in [0.3, 0.4) is 0 Å². The SMILES string of the molecule is CC(=O)Oc1ccc(C)cc1-c1nc2cc(C)ccc2s1. The Morgan fingerprint density at radius 2 is 1.81 bits per heavy atom. The molecule has 2 aromatic carbocycles. The number of hydrogen-bond donors (Lipinski definition) is 0. The van der Waals surface area contributed by atoms with Crippen molar-refractivity contribution in [2.24, 2.45) is 0 Å². The van der Waals surface area contributed by atoms with Gasteiger partial charge in [-0.1, -0.05) is 17.7 Å². The van der Waals surface area contributed by atoms with E-state index in [9.17, 15) is 4.79 Å². The summed E-state index contributed by atoms with van der Waals surface area (Å²) in [6.07, 6.45) is 0. The van der Waals surface area contributed by atoms with Gasteiger partial charge < -0.3 is 4.74 Å². The summed E-state index contributed by atoms with van der Waals surface area (Å²) in [4.78, 5) is 15.9. The minimum absolute atomic E-state index is 0.322. The first-order chi connectivity index (χ1) is 10.0. The highest BCUT2D eigenvalue weighted by molar-refractivity contribution is 7.21.